The third kappa shape index (κ3) is 3.16. The number of carbonyl (C=O) groups is 3. The lowest BCUT2D eigenvalue weighted by molar-refractivity contribution is -0.209. The topological polar surface area (TPSA) is 76.2 Å². The summed E-state index contributed by atoms with van der Waals surface area (Å²) in [5, 5.41) is 5.25. The summed E-state index contributed by atoms with van der Waals surface area (Å²) >= 11 is 1.57. The highest BCUT2D eigenvalue weighted by Gasteiger charge is 2.58. The molecular weight excluding hydrogens is 344 g/mol. The van der Waals surface area contributed by atoms with Crippen LogP contribution in [0.3, 0.4) is 0 Å². The molecule has 1 aromatic heterocycles. The lowest BCUT2D eigenvalue weighted by Crippen LogP contribution is -2.58. The van der Waals surface area contributed by atoms with E-state index in [0.717, 1.165) is 5.56 Å². The average Bonchev–Trinajstić information content (AvgIpc) is 3.21. The van der Waals surface area contributed by atoms with Gasteiger partial charge in [0.1, 0.15) is 0 Å². The standard InChI is InChI=1S/C17H22N2O5S/c1-23-16(22)13-10-15(21)19(24-2)17(13)4-6-18(7-5-17)14(20)9-12-3-8-25-11-12/h3,8,11,13H,4-7,9-10H2,1-2H3. The number of thiophene rings is 1. The van der Waals surface area contributed by atoms with Crippen LogP contribution >= 0.6 is 11.3 Å². The van der Waals surface area contributed by atoms with Crippen LogP contribution in [0, 0.1) is 5.92 Å². The molecule has 0 radical (unpaired) electrons. The molecule has 7 nitrogen and oxygen atoms in total. The van der Waals surface area contributed by atoms with Gasteiger partial charge in [0, 0.05) is 19.5 Å². The number of likely N-dealkylation sites (tertiary alicyclic amines) is 1. The van der Waals surface area contributed by atoms with Crippen molar-refractivity contribution in [1.82, 2.24) is 9.96 Å². The van der Waals surface area contributed by atoms with E-state index in [4.69, 9.17) is 9.57 Å². The lowest BCUT2D eigenvalue weighted by Gasteiger charge is -2.45. The Bertz CT molecular complexity index is 650. The smallest absolute Gasteiger partial charge is 0.311 e. The van der Waals surface area contributed by atoms with Gasteiger partial charge in [0.15, 0.2) is 0 Å². The van der Waals surface area contributed by atoms with E-state index in [2.05, 4.69) is 0 Å². The van der Waals surface area contributed by atoms with Crippen molar-refractivity contribution in [2.45, 2.75) is 31.2 Å². The van der Waals surface area contributed by atoms with Crippen LogP contribution in [-0.4, -0.2) is 60.6 Å². The van der Waals surface area contributed by atoms with Crippen LogP contribution < -0.4 is 0 Å². The number of esters is 1. The maximum absolute atomic E-state index is 12.5. The van der Waals surface area contributed by atoms with Crippen LogP contribution in [0.4, 0.5) is 0 Å². The number of piperidine rings is 1. The highest BCUT2D eigenvalue weighted by atomic mass is 32.1. The van der Waals surface area contributed by atoms with Crippen molar-refractivity contribution < 1.29 is 24.0 Å². The molecule has 136 valence electrons. The van der Waals surface area contributed by atoms with E-state index in [1.54, 1.807) is 16.2 Å². The van der Waals surface area contributed by atoms with Gasteiger partial charge in [0.2, 0.25) is 11.8 Å². The summed E-state index contributed by atoms with van der Waals surface area (Å²) in [7, 11) is 2.77. The Balaban J connectivity index is 1.72. The van der Waals surface area contributed by atoms with Gasteiger partial charge >= 0.3 is 5.97 Å². The molecule has 2 saturated heterocycles. The zero-order valence-electron chi connectivity index (χ0n) is 14.4. The fraction of sp³-hybridized carbons (Fsp3) is 0.588. The Hall–Kier alpha value is -1.93. The quantitative estimate of drug-likeness (QED) is 0.750. The van der Waals surface area contributed by atoms with E-state index in [1.165, 1.54) is 19.3 Å². The van der Waals surface area contributed by atoms with Crippen molar-refractivity contribution in [3.05, 3.63) is 22.4 Å². The largest absolute Gasteiger partial charge is 0.469 e. The number of hydrogen-bond donors (Lipinski definition) is 0. The van der Waals surface area contributed by atoms with Gasteiger partial charge in [-0.3, -0.25) is 19.2 Å². The van der Waals surface area contributed by atoms with Gasteiger partial charge in [0.05, 0.1) is 32.1 Å². The number of carbonyl (C=O) groups excluding carboxylic acids is 3. The Morgan fingerprint density at radius 3 is 2.60 bits per heavy atom. The number of methoxy groups -OCH3 is 1. The van der Waals surface area contributed by atoms with Crippen molar-refractivity contribution >= 4 is 29.1 Å². The molecule has 2 aliphatic heterocycles. The molecule has 1 atom stereocenters. The zero-order valence-corrected chi connectivity index (χ0v) is 15.2. The summed E-state index contributed by atoms with van der Waals surface area (Å²) in [6, 6.07) is 1.95. The molecule has 3 rings (SSSR count). The molecule has 0 aromatic carbocycles. The predicted molar refractivity (Wildman–Crippen MR) is 90.5 cm³/mol. The molecule has 1 unspecified atom stereocenters. The summed E-state index contributed by atoms with van der Waals surface area (Å²) in [5.74, 6) is -1.10. The van der Waals surface area contributed by atoms with Crippen molar-refractivity contribution in [2.24, 2.45) is 5.92 Å². The van der Waals surface area contributed by atoms with Crippen molar-refractivity contribution in [3.63, 3.8) is 0 Å². The zero-order chi connectivity index (χ0) is 18.0. The van der Waals surface area contributed by atoms with Crippen LogP contribution in [0.5, 0.6) is 0 Å². The normalized spacial score (nSPS) is 22.5. The van der Waals surface area contributed by atoms with Gasteiger partial charge in [-0.15, -0.1) is 0 Å². The van der Waals surface area contributed by atoms with E-state index in [9.17, 15) is 14.4 Å². The Morgan fingerprint density at radius 1 is 1.32 bits per heavy atom. The van der Waals surface area contributed by atoms with Gasteiger partial charge in [0.25, 0.3) is 0 Å². The molecule has 2 amide bonds. The number of nitrogens with zero attached hydrogens (tertiary/aromatic N) is 2. The van der Waals surface area contributed by atoms with Gasteiger partial charge in [-0.1, -0.05) is 0 Å². The molecule has 0 N–H and O–H groups in total. The number of amides is 2. The minimum atomic E-state index is -0.724. The molecule has 25 heavy (non-hydrogen) atoms. The third-order valence-corrected chi connectivity index (χ3v) is 5.98. The van der Waals surface area contributed by atoms with E-state index in [0.29, 0.717) is 32.4 Å². The van der Waals surface area contributed by atoms with Crippen LogP contribution in [0.25, 0.3) is 0 Å². The number of ether oxygens (including phenoxy) is 1. The van der Waals surface area contributed by atoms with Gasteiger partial charge in [-0.2, -0.15) is 11.3 Å². The fourth-order valence-electron chi connectivity index (χ4n) is 3.94. The Labute approximate surface area is 150 Å². The lowest BCUT2D eigenvalue weighted by atomic mass is 9.77. The minimum absolute atomic E-state index is 0.0659. The molecule has 0 bridgehead atoms. The second-order valence-corrected chi connectivity index (χ2v) is 7.22. The summed E-state index contributed by atoms with van der Waals surface area (Å²) < 4.78 is 4.89. The maximum Gasteiger partial charge on any atom is 0.311 e. The SMILES string of the molecule is COC(=O)C1CC(=O)N(OC)C12CCN(C(=O)Cc1ccsc1)CC2. The summed E-state index contributed by atoms with van der Waals surface area (Å²) in [4.78, 5) is 44.0. The van der Waals surface area contributed by atoms with Gasteiger partial charge < -0.3 is 9.64 Å². The van der Waals surface area contributed by atoms with E-state index in [1.807, 2.05) is 16.8 Å². The first kappa shape index (κ1) is 17.9. The minimum Gasteiger partial charge on any atom is -0.469 e. The highest BCUT2D eigenvalue weighted by molar-refractivity contribution is 7.08. The van der Waals surface area contributed by atoms with Gasteiger partial charge in [-0.05, 0) is 35.2 Å². The number of hydroxylamine groups is 2. The van der Waals surface area contributed by atoms with Crippen LogP contribution in [0.15, 0.2) is 16.8 Å². The Kier molecular flexibility index (Phi) is 5.10. The summed E-state index contributed by atoms with van der Waals surface area (Å²) in [6.45, 7) is 0.979. The maximum atomic E-state index is 12.5. The molecule has 2 fully saturated rings. The molecule has 2 aliphatic rings. The van der Waals surface area contributed by atoms with Crippen LogP contribution in [0.1, 0.15) is 24.8 Å². The van der Waals surface area contributed by atoms with Crippen LogP contribution in [-0.2, 0) is 30.4 Å². The van der Waals surface area contributed by atoms with Crippen molar-refractivity contribution in [3.8, 4) is 0 Å². The molecule has 0 aliphatic carbocycles. The first-order valence-electron chi connectivity index (χ1n) is 8.25. The van der Waals surface area contributed by atoms with Crippen molar-refractivity contribution in [2.75, 3.05) is 27.3 Å². The number of hydrogen-bond acceptors (Lipinski definition) is 6. The van der Waals surface area contributed by atoms with Crippen LogP contribution in [0.2, 0.25) is 0 Å². The summed E-state index contributed by atoms with van der Waals surface area (Å²) in [5.41, 5.74) is 0.287. The monoisotopic (exact) mass is 366 g/mol. The first-order valence-corrected chi connectivity index (χ1v) is 9.20. The Morgan fingerprint density at radius 2 is 2.04 bits per heavy atom. The fourth-order valence-corrected chi connectivity index (χ4v) is 4.61. The van der Waals surface area contributed by atoms with Gasteiger partial charge in [-0.25, -0.2) is 5.06 Å². The molecule has 1 aromatic rings. The second-order valence-electron chi connectivity index (χ2n) is 6.44. The molecule has 3 heterocycles. The van der Waals surface area contributed by atoms with Crippen molar-refractivity contribution in [1.29, 1.82) is 0 Å². The number of rotatable bonds is 4. The molecular formula is C17H22N2O5S. The third-order valence-electron chi connectivity index (χ3n) is 5.24. The average molecular weight is 366 g/mol. The van der Waals surface area contributed by atoms with E-state index in [-0.39, 0.29) is 18.2 Å². The predicted octanol–water partition coefficient (Wildman–Crippen LogP) is 1.23. The van der Waals surface area contributed by atoms with E-state index < -0.39 is 17.4 Å². The molecule has 1 spiro atoms. The first-order chi connectivity index (χ1) is 12.0. The van der Waals surface area contributed by atoms with E-state index >= 15 is 0 Å². The highest BCUT2D eigenvalue weighted by Crippen LogP contribution is 2.44. The summed E-state index contributed by atoms with van der Waals surface area (Å²) in [6.07, 6.45) is 1.47. The molecule has 8 heteroatoms. The second kappa shape index (κ2) is 7.13. The molecule has 0 saturated carbocycles.